The van der Waals surface area contributed by atoms with E-state index in [9.17, 15) is 14.0 Å². The molecule has 112 valence electrons. The third-order valence-corrected chi connectivity index (χ3v) is 2.70. The first-order valence-corrected chi connectivity index (χ1v) is 6.53. The maximum atomic E-state index is 13.1. The van der Waals surface area contributed by atoms with Crippen LogP contribution in [0.25, 0.3) is 0 Å². The topological polar surface area (TPSA) is 71.1 Å². The highest BCUT2D eigenvalue weighted by molar-refractivity contribution is 6.03. The number of carbonyl (C=O) groups is 2. The summed E-state index contributed by atoms with van der Waals surface area (Å²) in [5.74, 6) is -1.38. The van der Waals surface area contributed by atoms with E-state index in [1.165, 1.54) is 30.3 Å². The van der Waals surface area contributed by atoms with Gasteiger partial charge in [-0.3, -0.25) is 9.59 Å². The van der Waals surface area contributed by atoms with E-state index in [1.807, 2.05) is 0 Å². The molecule has 22 heavy (non-hydrogen) atoms. The number of nitrogens with one attached hydrogen (secondary N) is 2. The minimum atomic E-state index is -0.524. The number of halogens is 1. The van der Waals surface area contributed by atoms with E-state index in [0.717, 1.165) is 0 Å². The summed E-state index contributed by atoms with van der Waals surface area (Å²) >= 11 is 0. The Kier molecular flexibility index (Phi) is 4.98. The molecule has 2 amide bonds. The second-order valence-corrected chi connectivity index (χ2v) is 4.37. The van der Waals surface area contributed by atoms with Gasteiger partial charge in [0.1, 0.15) is 17.2 Å². The van der Waals surface area contributed by atoms with E-state index in [1.54, 1.807) is 18.2 Å². The minimum absolute atomic E-state index is 0.0653. The van der Waals surface area contributed by atoms with E-state index < -0.39 is 17.6 Å². The predicted octanol–water partition coefficient (Wildman–Crippen LogP) is 2.39. The van der Waals surface area contributed by atoms with Crippen molar-refractivity contribution in [3.63, 3.8) is 0 Å². The fourth-order valence-electron chi connectivity index (χ4n) is 1.70. The predicted molar refractivity (Wildman–Crippen MR) is 81.1 cm³/mol. The van der Waals surface area contributed by atoms with Crippen LogP contribution in [0.4, 0.5) is 10.1 Å². The number of rotatable bonds is 5. The summed E-state index contributed by atoms with van der Waals surface area (Å²) in [6, 6.07) is 10.0. The van der Waals surface area contributed by atoms with Crippen LogP contribution in [0.2, 0.25) is 0 Å². The first-order valence-electron chi connectivity index (χ1n) is 6.53. The zero-order chi connectivity index (χ0) is 15.9. The normalized spacial score (nSPS) is 9.86. The summed E-state index contributed by atoms with van der Waals surface area (Å²) in [4.78, 5) is 27.8. The number of carbonyl (C=O) groups excluding carboxylic acids is 2. The van der Waals surface area contributed by atoms with Gasteiger partial charge in [-0.15, -0.1) is 6.58 Å². The van der Waals surface area contributed by atoms with Crippen molar-refractivity contribution in [2.75, 3.05) is 11.9 Å². The SMILES string of the molecule is C=CCNC(=O)c1cccc(C(=O)Nc2cccc(F)c2)n1. The van der Waals surface area contributed by atoms with Gasteiger partial charge in [0, 0.05) is 12.2 Å². The lowest BCUT2D eigenvalue weighted by molar-refractivity contribution is 0.0953. The van der Waals surface area contributed by atoms with E-state index in [-0.39, 0.29) is 11.4 Å². The van der Waals surface area contributed by atoms with Crippen LogP contribution in [0.15, 0.2) is 55.1 Å². The molecule has 2 rings (SSSR count). The second kappa shape index (κ2) is 7.12. The number of hydrogen-bond donors (Lipinski definition) is 2. The Bertz CT molecular complexity index is 716. The van der Waals surface area contributed by atoms with Crippen LogP contribution in [0, 0.1) is 5.82 Å². The highest BCUT2D eigenvalue weighted by Gasteiger charge is 2.12. The molecule has 0 saturated heterocycles. The molecule has 0 spiro atoms. The molecule has 0 saturated carbocycles. The number of pyridine rings is 1. The molecule has 0 atom stereocenters. The first kappa shape index (κ1) is 15.4. The van der Waals surface area contributed by atoms with Crippen LogP contribution in [-0.4, -0.2) is 23.3 Å². The number of anilines is 1. The Morgan fingerprint density at radius 2 is 1.82 bits per heavy atom. The summed E-state index contributed by atoms with van der Waals surface area (Å²) in [5.41, 5.74) is 0.498. The molecule has 5 nitrogen and oxygen atoms in total. The largest absolute Gasteiger partial charge is 0.347 e. The first-order chi connectivity index (χ1) is 10.6. The molecule has 0 unspecified atom stereocenters. The Hall–Kier alpha value is -3.02. The van der Waals surface area contributed by atoms with Crippen molar-refractivity contribution >= 4 is 17.5 Å². The van der Waals surface area contributed by atoms with Crippen LogP contribution in [0.1, 0.15) is 21.0 Å². The Balaban J connectivity index is 2.13. The van der Waals surface area contributed by atoms with Gasteiger partial charge in [-0.2, -0.15) is 0 Å². The third kappa shape index (κ3) is 3.99. The van der Waals surface area contributed by atoms with Crippen molar-refractivity contribution in [2.45, 2.75) is 0 Å². The summed E-state index contributed by atoms with van der Waals surface area (Å²) < 4.78 is 13.1. The summed E-state index contributed by atoms with van der Waals surface area (Å²) in [6.07, 6.45) is 1.54. The van der Waals surface area contributed by atoms with Gasteiger partial charge in [0.25, 0.3) is 11.8 Å². The highest BCUT2D eigenvalue weighted by atomic mass is 19.1. The maximum Gasteiger partial charge on any atom is 0.274 e. The Morgan fingerprint density at radius 3 is 2.50 bits per heavy atom. The molecule has 0 aliphatic heterocycles. The quantitative estimate of drug-likeness (QED) is 0.833. The van der Waals surface area contributed by atoms with Crippen LogP contribution in [0.3, 0.4) is 0 Å². The van der Waals surface area contributed by atoms with Crippen LogP contribution < -0.4 is 10.6 Å². The molecule has 2 aromatic rings. The van der Waals surface area contributed by atoms with E-state index in [2.05, 4.69) is 22.2 Å². The lowest BCUT2D eigenvalue weighted by Crippen LogP contribution is -2.25. The standard InChI is InChI=1S/C16H14FN3O2/c1-2-9-18-15(21)13-7-4-8-14(20-13)16(22)19-12-6-3-5-11(17)10-12/h2-8,10H,1,9H2,(H,18,21)(H,19,22). The number of nitrogens with zero attached hydrogens (tertiary/aromatic N) is 1. The van der Waals surface area contributed by atoms with Crippen molar-refractivity contribution in [1.82, 2.24) is 10.3 Å². The van der Waals surface area contributed by atoms with E-state index in [4.69, 9.17) is 0 Å². The third-order valence-electron chi connectivity index (χ3n) is 2.70. The summed E-state index contributed by atoms with van der Waals surface area (Å²) in [7, 11) is 0. The Morgan fingerprint density at radius 1 is 1.14 bits per heavy atom. The molecule has 0 fully saturated rings. The summed E-state index contributed by atoms with van der Waals surface area (Å²) in [5, 5.41) is 5.09. The monoisotopic (exact) mass is 299 g/mol. The van der Waals surface area contributed by atoms with Gasteiger partial charge in [0.2, 0.25) is 0 Å². The molecular formula is C16H14FN3O2. The molecule has 1 aromatic heterocycles. The van der Waals surface area contributed by atoms with Crippen molar-refractivity contribution < 1.29 is 14.0 Å². The van der Waals surface area contributed by atoms with E-state index >= 15 is 0 Å². The molecule has 2 N–H and O–H groups in total. The van der Waals surface area contributed by atoms with Gasteiger partial charge in [-0.05, 0) is 30.3 Å². The second-order valence-electron chi connectivity index (χ2n) is 4.37. The average Bonchev–Trinajstić information content (AvgIpc) is 2.52. The van der Waals surface area contributed by atoms with Gasteiger partial charge in [0.15, 0.2) is 0 Å². The van der Waals surface area contributed by atoms with Crippen molar-refractivity contribution in [2.24, 2.45) is 0 Å². The highest BCUT2D eigenvalue weighted by Crippen LogP contribution is 2.10. The van der Waals surface area contributed by atoms with Crippen LogP contribution in [0.5, 0.6) is 0 Å². The van der Waals surface area contributed by atoms with Crippen LogP contribution >= 0.6 is 0 Å². The molecule has 1 aromatic carbocycles. The number of hydrogen-bond acceptors (Lipinski definition) is 3. The smallest absolute Gasteiger partial charge is 0.274 e. The van der Waals surface area contributed by atoms with Crippen molar-refractivity contribution in [3.05, 3.63) is 72.3 Å². The fraction of sp³-hybridized carbons (Fsp3) is 0.0625. The van der Waals surface area contributed by atoms with Gasteiger partial charge in [-0.25, -0.2) is 9.37 Å². The van der Waals surface area contributed by atoms with E-state index in [0.29, 0.717) is 12.2 Å². The lowest BCUT2D eigenvalue weighted by atomic mass is 10.2. The molecule has 0 radical (unpaired) electrons. The zero-order valence-electron chi connectivity index (χ0n) is 11.7. The average molecular weight is 299 g/mol. The molecule has 0 aliphatic carbocycles. The van der Waals surface area contributed by atoms with Crippen molar-refractivity contribution in [1.29, 1.82) is 0 Å². The molecule has 1 heterocycles. The lowest BCUT2D eigenvalue weighted by Gasteiger charge is -2.06. The fourth-order valence-corrected chi connectivity index (χ4v) is 1.70. The summed E-state index contributed by atoms with van der Waals surface area (Å²) in [6.45, 7) is 3.80. The maximum absolute atomic E-state index is 13.1. The van der Waals surface area contributed by atoms with Crippen LogP contribution in [-0.2, 0) is 0 Å². The van der Waals surface area contributed by atoms with Crippen molar-refractivity contribution in [3.8, 4) is 0 Å². The van der Waals surface area contributed by atoms with Gasteiger partial charge in [0.05, 0.1) is 0 Å². The number of benzene rings is 1. The molecule has 6 heteroatoms. The number of aromatic nitrogens is 1. The molecule has 0 bridgehead atoms. The Labute approximate surface area is 126 Å². The number of amides is 2. The zero-order valence-corrected chi connectivity index (χ0v) is 11.7. The van der Waals surface area contributed by atoms with Gasteiger partial charge >= 0.3 is 0 Å². The van der Waals surface area contributed by atoms with Gasteiger partial charge in [-0.1, -0.05) is 18.2 Å². The molecular weight excluding hydrogens is 285 g/mol. The minimum Gasteiger partial charge on any atom is -0.347 e. The van der Waals surface area contributed by atoms with Gasteiger partial charge < -0.3 is 10.6 Å². The molecule has 0 aliphatic rings.